The Bertz CT molecular complexity index is 857. The van der Waals surface area contributed by atoms with E-state index in [1.54, 1.807) is 0 Å². The molecule has 0 heterocycles. The second-order valence-electron chi connectivity index (χ2n) is 15.8. The Labute approximate surface area is 242 Å². The van der Waals surface area contributed by atoms with Crippen molar-refractivity contribution < 1.29 is 14.0 Å². The lowest BCUT2D eigenvalue weighted by molar-refractivity contribution is -0.205. The van der Waals surface area contributed by atoms with Gasteiger partial charge in [-0.2, -0.15) is 0 Å². The minimum atomic E-state index is -1.78. The molecule has 0 N–H and O–H groups in total. The fraction of sp³-hybridized carbons (Fsp3) is 0.943. The number of Topliss-reactive ketones (excluding diaryl/α,β-unsaturated/α-hetero) is 1. The summed E-state index contributed by atoms with van der Waals surface area (Å²) in [4.78, 5) is 26.7. The van der Waals surface area contributed by atoms with Crippen molar-refractivity contribution in [3.63, 3.8) is 0 Å². The fourth-order valence-corrected chi connectivity index (χ4v) is 15.7. The molecule has 4 heteroatoms. The average molecular weight is 559 g/mol. The zero-order valence-corrected chi connectivity index (χ0v) is 28.0. The van der Waals surface area contributed by atoms with Crippen molar-refractivity contribution in [2.45, 2.75) is 163 Å². The molecule has 224 valence electrons. The van der Waals surface area contributed by atoms with Gasteiger partial charge in [0.2, 0.25) is 0 Å². The lowest BCUT2D eigenvalue weighted by Gasteiger charge is -2.67. The highest BCUT2D eigenvalue weighted by Crippen LogP contribution is 2.72. The van der Waals surface area contributed by atoms with E-state index in [2.05, 4.69) is 55.4 Å². The topological polar surface area (TPSA) is 43.4 Å². The van der Waals surface area contributed by atoms with Crippen molar-refractivity contribution in [1.82, 2.24) is 0 Å². The Hall–Kier alpha value is -0.483. The summed E-state index contributed by atoms with van der Waals surface area (Å²) >= 11 is 0. The van der Waals surface area contributed by atoms with Crippen molar-refractivity contribution >= 4 is 20.4 Å². The van der Waals surface area contributed by atoms with Crippen LogP contribution in [0.4, 0.5) is 0 Å². The maximum Gasteiger partial charge on any atom is 0.193 e. The third-order valence-corrected chi connectivity index (χ3v) is 18.4. The summed E-state index contributed by atoms with van der Waals surface area (Å²) in [5, 5.41) is 0. The van der Waals surface area contributed by atoms with E-state index in [0.717, 1.165) is 12.8 Å². The molecule has 39 heavy (non-hydrogen) atoms. The van der Waals surface area contributed by atoms with E-state index in [1.165, 1.54) is 88.6 Å². The van der Waals surface area contributed by atoms with Gasteiger partial charge >= 0.3 is 0 Å². The number of hydrogen-bond acceptors (Lipinski definition) is 3. The molecule has 4 rings (SSSR count). The van der Waals surface area contributed by atoms with Crippen LogP contribution in [-0.4, -0.2) is 26.5 Å². The second-order valence-corrected chi connectivity index (χ2v) is 19.9. The van der Waals surface area contributed by atoms with Gasteiger partial charge in [0.05, 0.1) is 6.10 Å². The van der Waals surface area contributed by atoms with Crippen LogP contribution in [0, 0.1) is 45.3 Å². The van der Waals surface area contributed by atoms with Gasteiger partial charge in [-0.15, -0.1) is 0 Å². The van der Waals surface area contributed by atoms with Crippen molar-refractivity contribution in [1.29, 1.82) is 0 Å². The van der Waals surface area contributed by atoms with E-state index in [0.29, 0.717) is 36.1 Å². The van der Waals surface area contributed by atoms with Crippen LogP contribution < -0.4 is 0 Å². The minimum absolute atomic E-state index is 0.224. The van der Waals surface area contributed by atoms with E-state index < -0.39 is 13.7 Å². The van der Waals surface area contributed by atoms with Crippen LogP contribution >= 0.6 is 0 Å². The zero-order chi connectivity index (χ0) is 28.7. The lowest BCUT2D eigenvalue weighted by atomic mass is 9.35. The summed E-state index contributed by atoms with van der Waals surface area (Å²) in [7, 11) is -1.78. The van der Waals surface area contributed by atoms with Gasteiger partial charge in [0.25, 0.3) is 0 Å². The summed E-state index contributed by atoms with van der Waals surface area (Å²) in [5.41, 5.74) is -0.923. The molecular formula is C35H62O3Si. The first-order chi connectivity index (χ1) is 18.4. The molecule has 0 aromatic rings. The molecule has 0 unspecified atom stereocenters. The molecule has 4 aliphatic rings. The third-order valence-electron chi connectivity index (χ3n) is 13.8. The normalized spacial score (nSPS) is 39.1. The molecule has 0 aromatic heterocycles. The molecule has 0 radical (unpaired) electrons. The Morgan fingerprint density at radius 3 is 1.95 bits per heavy atom. The molecule has 0 spiro atoms. The first-order valence-corrected chi connectivity index (χ1v) is 19.6. The fourth-order valence-electron chi connectivity index (χ4n) is 10.7. The van der Waals surface area contributed by atoms with E-state index in [-0.39, 0.29) is 22.2 Å². The van der Waals surface area contributed by atoms with Crippen LogP contribution in [0.5, 0.6) is 0 Å². The predicted octanol–water partition coefficient (Wildman–Crippen LogP) is 9.78. The van der Waals surface area contributed by atoms with Gasteiger partial charge in [0.1, 0.15) is 12.1 Å². The van der Waals surface area contributed by atoms with Gasteiger partial charge < -0.3 is 9.22 Å². The zero-order valence-electron chi connectivity index (χ0n) is 27.0. The highest BCUT2D eigenvalue weighted by Gasteiger charge is 2.70. The molecule has 4 saturated carbocycles. The first-order valence-electron chi connectivity index (χ1n) is 17.1. The SMILES string of the molecule is CCCC[Si](CCCC)(CCCC)O[C@H]1CC[C@H]2[C@@H]3CC[C@H]4CC(=O)C(C)(C)C(C)(C)[C@]4(C=O)[C@H]3CC[C@]12C. The summed E-state index contributed by atoms with van der Waals surface area (Å²) < 4.78 is 7.63. The quantitative estimate of drug-likeness (QED) is 0.177. The molecule has 4 aliphatic carbocycles. The smallest absolute Gasteiger partial charge is 0.193 e. The maximum atomic E-state index is 13.4. The Morgan fingerprint density at radius 1 is 0.821 bits per heavy atom. The maximum absolute atomic E-state index is 13.4. The standard InChI is InChI=1S/C35H62O3Si/c1-9-12-21-39(22-13-10-2,23-14-11-3)38-31-18-17-28-27-16-15-26-24-30(37)32(4,5)33(6,7)35(26,25-36)29(27)19-20-34(28,31)8/h25-29,31H,9-24H2,1-8H3/t26-,27-,28-,29-,31-,34-,35-/m0/s1. The monoisotopic (exact) mass is 558 g/mol. The van der Waals surface area contributed by atoms with Crippen LogP contribution in [-0.2, 0) is 14.0 Å². The summed E-state index contributed by atoms with van der Waals surface area (Å²) in [6.07, 6.45) is 17.2. The van der Waals surface area contributed by atoms with Crippen LogP contribution in [0.2, 0.25) is 18.1 Å². The van der Waals surface area contributed by atoms with Gasteiger partial charge in [-0.25, -0.2) is 0 Å². The number of unbranched alkanes of at least 4 members (excludes halogenated alkanes) is 3. The number of fused-ring (bicyclic) bond motifs is 5. The van der Waals surface area contributed by atoms with Crippen molar-refractivity contribution in [2.75, 3.05) is 0 Å². The number of carbonyl (C=O) groups is 2. The van der Waals surface area contributed by atoms with Crippen LogP contribution in [0.15, 0.2) is 0 Å². The first kappa shape index (κ1) is 31.5. The molecule has 7 atom stereocenters. The number of aldehydes is 1. The molecule has 0 aliphatic heterocycles. The minimum Gasteiger partial charge on any atom is -0.413 e. The lowest BCUT2D eigenvalue weighted by Crippen LogP contribution is -2.67. The second kappa shape index (κ2) is 11.7. The van der Waals surface area contributed by atoms with E-state index in [1.807, 2.05) is 0 Å². The van der Waals surface area contributed by atoms with Gasteiger partial charge in [-0.1, -0.05) is 93.9 Å². The van der Waals surface area contributed by atoms with Crippen LogP contribution in [0.3, 0.4) is 0 Å². The molecular weight excluding hydrogens is 496 g/mol. The van der Waals surface area contributed by atoms with Crippen LogP contribution in [0.25, 0.3) is 0 Å². The Morgan fingerprint density at radius 2 is 1.41 bits per heavy atom. The summed E-state index contributed by atoms with van der Waals surface area (Å²) in [5.74, 6) is 2.26. The van der Waals surface area contributed by atoms with Crippen molar-refractivity contribution in [3.05, 3.63) is 0 Å². The van der Waals surface area contributed by atoms with E-state index >= 15 is 0 Å². The largest absolute Gasteiger partial charge is 0.413 e. The predicted molar refractivity (Wildman–Crippen MR) is 165 cm³/mol. The van der Waals surface area contributed by atoms with Gasteiger partial charge in [-0.05, 0) is 91.2 Å². The van der Waals surface area contributed by atoms with Gasteiger partial charge in [0.15, 0.2) is 8.32 Å². The summed E-state index contributed by atoms with van der Waals surface area (Å²) in [6, 6.07) is 4.04. The highest BCUT2D eigenvalue weighted by molar-refractivity contribution is 6.73. The van der Waals surface area contributed by atoms with Crippen LogP contribution in [0.1, 0.15) is 139 Å². The Kier molecular flexibility index (Phi) is 9.40. The highest BCUT2D eigenvalue weighted by atomic mass is 28.4. The number of hydrogen-bond donors (Lipinski definition) is 0. The molecule has 0 bridgehead atoms. The molecule has 0 saturated heterocycles. The third kappa shape index (κ3) is 4.88. The summed E-state index contributed by atoms with van der Waals surface area (Å²) in [6.45, 7) is 18.4. The van der Waals surface area contributed by atoms with Gasteiger partial charge in [-0.3, -0.25) is 4.79 Å². The van der Waals surface area contributed by atoms with E-state index in [9.17, 15) is 9.59 Å². The Balaban J connectivity index is 1.63. The number of carbonyl (C=O) groups excluding carboxylic acids is 2. The van der Waals surface area contributed by atoms with Crippen molar-refractivity contribution in [2.24, 2.45) is 45.3 Å². The molecule has 0 amide bonds. The number of rotatable bonds is 12. The van der Waals surface area contributed by atoms with Gasteiger partial charge in [0, 0.05) is 17.3 Å². The average Bonchev–Trinajstić information content (AvgIpc) is 3.24. The van der Waals surface area contributed by atoms with E-state index in [4.69, 9.17) is 4.43 Å². The molecule has 3 nitrogen and oxygen atoms in total. The molecule has 4 fully saturated rings. The molecule has 0 aromatic carbocycles. The number of ketones is 1. The van der Waals surface area contributed by atoms with Crippen molar-refractivity contribution in [3.8, 4) is 0 Å².